The molecule has 0 aliphatic carbocycles. The Hall–Kier alpha value is -2.73. The molecule has 3 rings (SSSR count). The molecule has 1 aromatic heterocycles. The molecule has 126 valence electrons. The first kappa shape index (κ1) is 17.1. The summed E-state index contributed by atoms with van der Waals surface area (Å²) in [5.41, 5.74) is 2.04. The molecule has 0 saturated heterocycles. The molecule has 0 aliphatic heterocycles. The predicted molar refractivity (Wildman–Crippen MR) is 103 cm³/mol. The summed E-state index contributed by atoms with van der Waals surface area (Å²) in [6.07, 6.45) is 0. The van der Waals surface area contributed by atoms with Gasteiger partial charge >= 0.3 is 0 Å². The van der Waals surface area contributed by atoms with Crippen LogP contribution in [0, 0.1) is 0 Å². The van der Waals surface area contributed by atoms with Crippen LogP contribution in [0.1, 0.15) is 17.4 Å². The van der Waals surface area contributed by atoms with Gasteiger partial charge in [-0.05, 0) is 49.4 Å². The van der Waals surface area contributed by atoms with Crippen LogP contribution in [-0.4, -0.2) is 22.6 Å². The monoisotopic (exact) mass is 396 g/mol. The molecule has 25 heavy (non-hydrogen) atoms. The first-order valence-electron chi connectivity index (χ1n) is 7.90. The van der Waals surface area contributed by atoms with Crippen molar-refractivity contribution in [2.45, 2.75) is 6.92 Å². The third-order valence-corrected chi connectivity index (χ3v) is 4.10. The number of nitrogens with one attached hydrogen (secondary N) is 1. The Morgan fingerprint density at radius 2 is 1.84 bits per heavy atom. The first-order chi connectivity index (χ1) is 12.2. The minimum Gasteiger partial charge on any atom is -0.339 e. The second-order valence-corrected chi connectivity index (χ2v) is 6.24. The SMILES string of the molecule is CCN(C(=O)c1ccc(Nc2cccc(Br)c2)nn1)c1ccccc1. The lowest BCUT2D eigenvalue weighted by Gasteiger charge is -2.20. The van der Waals surface area contributed by atoms with Crippen molar-refractivity contribution in [3.63, 3.8) is 0 Å². The van der Waals surface area contributed by atoms with E-state index >= 15 is 0 Å². The third kappa shape index (κ3) is 4.22. The highest BCUT2D eigenvalue weighted by Gasteiger charge is 2.17. The van der Waals surface area contributed by atoms with E-state index in [9.17, 15) is 4.79 Å². The number of benzene rings is 2. The van der Waals surface area contributed by atoms with Gasteiger partial charge in [0.25, 0.3) is 5.91 Å². The van der Waals surface area contributed by atoms with Gasteiger partial charge in [-0.3, -0.25) is 4.79 Å². The molecular formula is C19H17BrN4O. The number of rotatable bonds is 5. The molecule has 1 heterocycles. The van der Waals surface area contributed by atoms with Crippen LogP contribution in [0.4, 0.5) is 17.2 Å². The number of halogens is 1. The van der Waals surface area contributed by atoms with Crippen LogP contribution in [0.3, 0.4) is 0 Å². The van der Waals surface area contributed by atoms with Gasteiger partial charge in [-0.25, -0.2) is 0 Å². The van der Waals surface area contributed by atoms with E-state index < -0.39 is 0 Å². The summed E-state index contributed by atoms with van der Waals surface area (Å²) in [5, 5.41) is 11.3. The Balaban J connectivity index is 1.76. The van der Waals surface area contributed by atoms with Gasteiger partial charge in [0.05, 0.1) is 0 Å². The molecule has 1 amide bonds. The van der Waals surface area contributed by atoms with Gasteiger partial charge in [-0.15, -0.1) is 10.2 Å². The number of aromatic nitrogens is 2. The average molecular weight is 397 g/mol. The second kappa shape index (κ2) is 7.90. The summed E-state index contributed by atoms with van der Waals surface area (Å²) in [4.78, 5) is 14.4. The number of hydrogen-bond donors (Lipinski definition) is 1. The molecule has 0 aliphatic rings. The molecule has 1 N–H and O–H groups in total. The summed E-state index contributed by atoms with van der Waals surface area (Å²) in [5.74, 6) is 0.410. The standard InChI is InChI=1S/C19H17BrN4O/c1-2-24(16-9-4-3-5-10-16)19(25)17-11-12-18(23-22-17)21-15-8-6-7-14(20)13-15/h3-13H,2H2,1H3,(H,21,23). The Kier molecular flexibility index (Phi) is 5.40. The van der Waals surface area contributed by atoms with Crippen LogP contribution in [0.2, 0.25) is 0 Å². The van der Waals surface area contributed by atoms with Gasteiger partial charge in [0.2, 0.25) is 0 Å². The molecular weight excluding hydrogens is 380 g/mol. The molecule has 0 bridgehead atoms. The van der Waals surface area contributed by atoms with Gasteiger partial charge in [-0.1, -0.05) is 40.2 Å². The molecule has 2 aromatic carbocycles. The molecule has 0 saturated carbocycles. The number of carbonyl (C=O) groups is 1. The van der Waals surface area contributed by atoms with Crippen LogP contribution in [-0.2, 0) is 0 Å². The van der Waals surface area contributed by atoms with E-state index in [4.69, 9.17) is 0 Å². The number of para-hydroxylation sites is 1. The summed E-state index contributed by atoms with van der Waals surface area (Å²) >= 11 is 3.43. The topological polar surface area (TPSA) is 58.1 Å². The van der Waals surface area contributed by atoms with E-state index in [0.29, 0.717) is 18.1 Å². The van der Waals surface area contributed by atoms with E-state index in [1.165, 1.54) is 0 Å². The van der Waals surface area contributed by atoms with Crippen molar-refractivity contribution in [2.24, 2.45) is 0 Å². The van der Waals surface area contributed by atoms with Gasteiger partial charge in [0.15, 0.2) is 11.5 Å². The van der Waals surface area contributed by atoms with E-state index in [0.717, 1.165) is 15.8 Å². The normalized spacial score (nSPS) is 10.3. The highest BCUT2D eigenvalue weighted by Crippen LogP contribution is 2.20. The van der Waals surface area contributed by atoms with Crippen LogP contribution >= 0.6 is 15.9 Å². The fraction of sp³-hybridized carbons (Fsp3) is 0.105. The molecule has 3 aromatic rings. The Labute approximate surface area is 154 Å². The summed E-state index contributed by atoms with van der Waals surface area (Å²) in [7, 11) is 0. The Morgan fingerprint density at radius 1 is 1.04 bits per heavy atom. The molecule has 0 spiro atoms. The summed E-state index contributed by atoms with van der Waals surface area (Å²) in [6, 6.07) is 20.7. The van der Waals surface area contributed by atoms with Crippen LogP contribution in [0.5, 0.6) is 0 Å². The van der Waals surface area contributed by atoms with E-state index in [1.807, 2.05) is 61.5 Å². The zero-order valence-electron chi connectivity index (χ0n) is 13.7. The van der Waals surface area contributed by atoms with Crippen LogP contribution < -0.4 is 10.2 Å². The molecule has 0 radical (unpaired) electrons. The molecule has 0 fully saturated rings. The molecule has 0 atom stereocenters. The maximum atomic E-state index is 12.7. The average Bonchev–Trinajstić information content (AvgIpc) is 2.64. The number of carbonyl (C=O) groups excluding carboxylic acids is 1. The summed E-state index contributed by atoms with van der Waals surface area (Å²) in [6.45, 7) is 2.49. The Morgan fingerprint density at radius 3 is 2.48 bits per heavy atom. The van der Waals surface area contributed by atoms with Crippen LogP contribution in [0.25, 0.3) is 0 Å². The number of hydrogen-bond acceptors (Lipinski definition) is 4. The van der Waals surface area contributed by atoms with E-state index in [-0.39, 0.29) is 5.91 Å². The lowest BCUT2D eigenvalue weighted by atomic mass is 10.2. The fourth-order valence-corrected chi connectivity index (χ4v) is 2.82. The fourth-order valence-electron chi connectivity index (χ4n) is 2.42. The highest BCUT2D eigenvalue weighted by molar-refractivity contribution is 9.10. The minimum atomic E-state index is -0.171. The van der Waals surface area contributed by atoms with Gasteiger partial charge in [0.1, 0.15) is 0 Å². The maximum absolute atomic E-state index is 12.7. The van der Waals surface area contributed by atoms with Crippen molar-refractivity contribution in [2.75, 3.05) is 16.8 Å². The minimum absolute atomic E-state index is 0.171. The lowest BCUT2D eigenvalue weighted by Crippen LogP contribution is -2.31. The highest BCUT2D eigenvalue weighted by atomic mass is 79.9. The van der Waals surface area contributed by atoms with Crippen molar-refractivity contribution in [3.05, 3.63) is 76.9 Å². The van der Waals surface area contributed by atoms with E-state index in [2.05, 4.69) is 31.4 Å². The largest absolute Gasteiger partial charge is 0.339 e. The number of amides is 1. The zero-order chi connectivity index (χ0) is 17.6. The second-order valence-electron chi connectivity index (χ2n) is 5.32. The lowest BCUT2D eigenvalue weighted by molar-refractivity contribution is 0.0982. The van der Waals surface area contributed by atoms with Crippen molar-refractivity contribution in [3.8, 4) is 0 Å². The number of anilines is 3. The molecule has 6 heteroatoms. The molecule has 0 unspecified atom stereocenters. The maximum Gasteiger partial charge on any atom is 0.278 e. The quantitative estimate of drug-likeness (QED) is 0.681. The predicted octanol–water partition coefficient (Wildman–Crippen LogP) is 4.65. The smallest absolute Gasteiger partial charge is 0.278 e. The first-order valence-corrected chi connectivity index (χ1v) is 8.70. The summed E-state index contributed by atoms with van der Waals surface area (Å²) < 4.78 is 0.971. The van der Waals surface area contributed by atoms with Crippen LogP contribution in [0.15, 0.2) is 71.2 Å². The van der Waals surface area contributed by atoms with Crippen molar-refractivity contribution in [1.29, 1.82) is 0 Å². The van der Waals surface area contributed by atoms with E-state index in [1.54, 1.807) is 17.0 Å². The van der Waals surface area contributed by atoms with Gasteiger partial charge in [-0.2, -0.15) is 0 Å². The Bertz CT molecular complexity index is 853. The van der Waals surface area contributed by atoms with Crippen molar-refractivity contribution >= 4 is 39.0 Å². The third-order valence-electron chi connectivity index (χ3n) is 3.61. The number of nitrogens with zero attached hydrogens (tertiary/aromatic N) is 3. The van der Waals surface area contributed by atoms with Gasteiger partial charge in [0, 0.05) is 22.4 Å². The van der Waals surface area contributed by atoms with Crippen molar-refractivity contribution < 1.29 is 4.79 Å². The van der Waals surface area contributed by atoms with Crippen molar-refractivity contribution in [1.82, 2.24) is 10.2 Å². The van der Waals surface area contributed by atoms with Gasteiger partial charge < -0.3 is 10.2 Å². The zero-order valence-corrected chi connectivity index (χ0v) is 15.3. The molecule has 5 nitrogen and oxygen atoms in total.